The number of nitrogens with zero attached hydrogens (tertiary/aromatic N) is 3. The number of anilines is 2. The molecule has 1 aliphatic rings. The monoisotopic (exact) mass is 274 g/mol. The molecule has 3 rings (SSSR count). The van der Waals surface area contributed by atoms with Crippen LogP contribution in [0, 0.1) is 11.8 Å². The van der Waals surface area contributed by atoms with E-state index in [-0.39, 0.29) is 0 Å². The van der Waals surface area contributed by atoms with Gasteiger partial charge in [-0.05, 0) is 31.1 Å². The summed E-state index contributed by atoms with van der Waals surface area (Å²) < 4.78 is 0. The van der Waals surface area contributed by atoms with E-state index < -0.39 is 0 Å². The summed E-state index contributed by atoms with van der Waals surface area (Å²) in [5, 5.41) is 6.58. The van der Waals surface area contributed by atoms with Crippen molar-refractivity contribution in [2.45, 2.75) is 39.2 Å². The van der Waals surface area contributed by atoms with Crippen LogP contribution in [-0.4, -0.2) is 33.0 Å². The smallest absolute Gasteiger partial charge is 0.226 e. The first-order chi connectivity index (χ1) is 9.67. The number of fused-ring (bicyclic) bond motifs is 1. The summed E-state index contributed by atoms with van der Waals surface area (Å²) in [7, 11) is 1.82. The highest BCUT2D eigenvalue weighted by Gasteiger charge is 2.26. The highest BCUT2D eigenvalue weighted by Crippen LogP contribution is 2.31. The zero-order valence-electron chi connectivity index (χ0n) is 12.3. The van der Waals surface area contributed by atoms with Crippen molar-refractivity contribution in [3.63, 3.8) is 0 Å². The van der Waals surface area contributed by atoms with E-state index in [0.717, 1.165) is 17.3 Å². The van der Waals surface area contributed by atoms with E-state index in [4.69, 9.17) is 0 Å². The Balaban J connectivity index is 1.88. The molecule has 0 spiro atoms. The van der Waals surface area contributed by atoms with Crippen LogP contribution in [0.5, 0.6) is 0 Å². The summed E-state index contributed by atoms with van der Waals surface area (Å²) in [4.78, 5) is 16.2. The van der Waals surface area contributed by atoms with Crippen LogP contribution in [0.25, 0.3) is 11.2 Å². The fraction of sp³-hybridized carbons (Fsp3) is 0.643. The molecule has 3 atom stereocenters. The van der Waals surface area contributed by atoms with Gasteiger partial charge in [0, 0.05) is 13.1 Å². The lowest BCUT2D eigenvalue weighted by Gasteiger charge is -2.33. The van der Waals surface area contributed by atoms with E-state index >= 15 is 0 Å². The molecular formula is C14H22N6. The van der Waals surface area contributed by atoms with Gasteiger partial charge in [0.25, 0.3) is 0 Å². The Morgan fingerprint density at radius 2 is 2.10 bits per heavy atom. The maximum Gasteiger partial charge on any atom is 0.226 e. The topological polar surface area (TPSA) is 78.5 Å². The fourth-order valence-corrected chi connectivity index (χ4v) is 3.10. The van der Waals surface area contributed by atoms with Crippen molar-refractivity contribution < 1.29 is 0 Å². The van der Waals surface area contributed by atoms with E-state index in [1.165, 1.54) is 19.3 Å². The average Bonchev–Trinajstić information content (AvgIpc) is 2.90. The number of aromatic nitrogens is 4. The van der Waals surface area contributed by atoms with Crippen LogP contribution < -0.4 is 10.6 Å². The van der Waals surface area contributed by atoms with Crippen LogP contribution in [0.2, 0.25) is 0 Å². The largest absolute Gasteiger partial charge is 0.365 e. The number of H-pyrrole nitrogens is 1. The van der Waals surface area contributed by atoms with Crippen LogP contribution in [0.4, 0.5) is 11.8 Å². The number of hydrogen-bond donors (Lipinski definition) is 3. The van der Waals surface area contributed by atoms with Gasteiger partial charge in [0.1, 0.15) is 5.52 Å². The molecule has 2 aromatic heterocycles. The molecule has 6 heteroatoms. The third kappa shape index (κ3) is 2.42. The molecule has 0 bridgehead atoms. The molecule has 0 amide bonds. The molecule has 3 N–H and O–H groups in total. The molecule has 0 aliphatic heterocycles. The zero-order valence-corrected chi connectivity index (χ0v) is 12.3. The van der Waals surface area contributed by atoms with Gasteiger partial charge >= 0.3 is 0 Å². The van der Waals surface area contributed by atoms with E-state index in [1.54, 1.807) is 6.33 Å². The lowest BCUT2D eigenvalue weighted by atomic mass is 9.80. The summed E-state index contributed by atoms with van der Waals surface area (Å²) in [6, 6.07) is 0.470. The second kappa shape index (κ2) is 5.26. The van der Waals surface area contributed by atoms with Crippen molar-refractivity contribution in [3.05, 3.63) is 6.33 Å². The van der Waals surface area contributed by atoms with Gasteiger partial charge in [-0.3, -0.25) is 0 Å². The summed E-state index contributed by atoms with van der Waals surface area (Å²) in [6.45, 7) is 4.65. The van der Waals surface area contributed by atoms with Gasteiger partial charge in [-0.1, -0.05) is 13.8 Å². The molecule has 0 saturated heterocycles. The van der Waals surface area contributed by atoms with E-state index in [0.29, 0.717) is 23.6 Å². The van der Waals surface area contributed by atoms with Gasteiger partial charge in [0.2, 0.25) is 5.95 Å². The fourth-order valence-electron chi connectivity index (χ4n) is 3.10. The minimum atomic E-state index is 0.470. The van der Waals surface area contributed by atoms with Gasteiger partial charge in [0.05, 0.1) is 6.33 Å². The molecule has 1 aliphatic carbocycles. The Morgan fingerprint density at radius 3 is 2.85 bits per heavy atom. The average molecular weight is 274 g/mol. The summed E-state index contributed by atoms with van der Waals surface area (Å²) in [5.74, 6) is 2.94. The summed E-state index contributed by atoms with van der Waals surface area (Å²) in [6.07, 6.45) is 5.40. The molecule has 0 radical (unpaired) electrons. The Hall–Kier alpha value is -1.85. The normalized spacial score (nSPS) is 26.6. The number of nitrogens with one attached hydrogen (secondary N) is 3. The van der Waals surface area contributed by atoms with Crippen molar-refractivity contribution in [2.24, 2.45) is 11.8 Å². The third-order valence-electron chi connectivity index (χ3n) is 4.26. The van der Waals surface area contributed by atoms with Crippen molar-refractivity contribution in [3.8, 4) is 0 Å². The minimum Gasteiger partial charge on any atom is -0.365 e. The van der Waals surface area contributed by atoms with E-state index in [1.807, 2.05) is 7.05 Å². The summed E-state index contributed by atoms with van der Waals surface area (Å²) >= 11 is 0. The number of imidazole rings is 1. The van der Waals surface area contributed by atoms with Gasteiger partial charge in [-0.25, -0.2) is 4.98 Å². The quantitative estimate of drug-likeness (QED) is 0.802. The Labute approximate surface area is 118 Å². The first-order valence-corrected chi connectivity index (χ1v) is 7.32. The second-order valence-electron chi connectivity index (χ2n) is 5.89. The van der Waals surface area contributed by atoms with Crippen molar-refractivity contribution in [1.29, 1.82) is 0 Å². The molecule has 1 saturated carbocycles. The van der Waals surface area contributed by atoms with Gasteiger partial charge in [-0.2, -0.15) is 9.97 Å². The molecule has 6 nitrogen and oxygen atoms in total. The zero-order chi connectivity index (χ0) is 14.1. The SMILES string of the molecule is CNc1nc(NC2CCC(C)CC2C)c2[nH]cnc2n1. The maximum atomic E-state index is 4.53. The molecule has 1 fully saturated rings. The molecule has 0 aromatic carbocycles. The molecule has 20 heavy (non-hydrogen) atoms. The predicted octanol–water partition coefficient (Wildman–Crippen LogP) is 2.63. The van der Waals surface area contributed by atoms with Crippen LogP contribution >= 0.6 is 0 Å². The number of rotatable bonds is 3. The standard InChI is InChI=1S/C14H22N6/c1-8-4-5-10(9(2)6-8)18-13-11-12(17-7-16-11)19-14(15-3)20-13/h7-10H,4-6H2,1-3H3,(H3,15,16,17,18,19,20). The first kappa shape index (κ1) is 13.1. The number of aromatic amines is 1. The lowest BCUT2D eigenvalue weighted by molar-refractivity contribution is 0.276. The van der Waals surface area contributed by atoms with Crippen LogP contribution in [0.15, 0.2) is 6.33 Å². The number of hydrogen-bond acceptors (Lipinski definition) is 5. The van der Waals surface area contributed by atoms with Crippen molar-refractivity contribution in [2.75, 3.05) is 17.7 Å². The third-order valence-corrected chi connectivity index (χ3v) is 4.26. The van der Waals surface area contributed by atoms with Crippen LogP contribution in [0.3, 0.4) is 0 Å². The highest BCUT2D eigenvalue weighted by atomic mass is 15.2. The predicted molar refractivity (Wildman–Crippen MR) is 80.8 cm³/mol. The maximum absolute atomic E-state index is 4.53. The lowest BCUT2D eigenvalue weighted by Crippen LogP contribution is -2.33. The minimum absolute atomic E-state index is 0.470. The van der Waals surface area contributed by atoms with Gasteiger partial charge in [0.15, 0.2) is 11.5 Å². The van der Waals surface area contributed by atoms with E-state index in [2.05, 4.69) is 44.4 Å². The van der Waals surface area contributed by atoms with E-state index in [9.17, 15) is 0 Å². The molecular weight excluding hydrogens is 252 g/mol. The Kier molecular flexibility index (Phi) is 3.46. The summed E-state index contributed by atoms with van der Waals surface area (Å²) in [5.41, 5.74) is 1.58. The van der Waals surface area contributed by atoms with Crippen molar-refractivity contribution >= 4 is 22.9 Å². The second-order valence-corrected chi connectivity index (χ2v) is 5.89. The molecule has 2 heterocycles. The van der Waals surface area contributed by atoms with Gasteiger partial charge < -0.3 is 15.6 Å². The Morgan fingerprint density at radius 1 is 1.25 bits per heavy atom. The van der Waals surface area contributed by atoms with Crippen LogP contribution in [0.1, 0.15) is 33.1 Å². The van der Waals surface area contributed by atoms with Crippen molar-refractivity contribution in [1.82, 2.24) is 19.9 Å². The van der Waals surface area contributed by atoms with Gasteiger partial charge in [-0.15, -0.1) is 0 Å². The molecule has 108 valence electrons. The molecule has 2 aromatic rings. The van der Waals surface area contributed by atoms with Crippen LogP contribution in [-0.2, 0) is 0 Å². The highest BCUT2D eigenvalue weighted by molar-refractivity contribution is 5.83. The Bertz CT molecular complexity index is 592. The first-order valence-electron chi connectivity index (χ1n) is 7.32. The molecule has 3 unspecified atom stereocenters.